The first-order valence-corrected chi connectivity index (χ1v) is 9.98. The van der Waals surface area contributed by atoms with Crippen molar-refractivity contribution in [3.63, 3.8) is 0 Å². The molecule has 3 heteroatoms. The number of anilines is 1. The Morgan fingerprint density at radius 1 is 1.00 bits per heavy atom. The first-order valence-electron chi connectivity index (χ1n) is 9.18. The van der Waals surface area contributed by atoms with E-state index >= 15 is 0 Å². The maximum Gasteiger partial charge on any atom is 0.0648 e. The van der Waals surface area contributed by atoms with Gasteiger partial charge in [-0.25, -0.2) is 0 Å². The number of benzene rings is 2. The molecule has 1 aliphatic rings. The number of aryl methyl sites for hydroxylation is 1. The molecule has 0 unspecified atom stereocenters. The Labute approximate surface area is 174 Å². The topological polar surface area (TPSA) is 16.1 Å². The second-order valence-corrected chi connectivity index (χ2v) is 7.75. The Kier molecular flexibility index (Phi) is 5.01. The zero-order valence-electron chi connectivity index (χ0n) is 15.8. The molecule has 0 spiro atoms. The number of allylic oxidation sites excluding steroid dienone is 3. The molecular weight excluding hydrogens is 408 g/mol. The van der Waals surface area contributed by atoms with Gasteiger partial charge in [0.1, 0.15) is 0 Å². The summed E-state index contributed by atoms with van der Waals surface area (Å²) in [4.78, 5) is 6.92. The molecule has 4 rings (SSSR count). The molecule has 3 aromatic rings. The summed E-state index contributed by atoms with van der Waals surface area (Å²) >= 11 is 3.65. The highest BCUT2D eigenvalue weighted by Crippen LogP contribution is 2.42. The summed E-state index contributed by atoms with van der Waals surface area (Å²) in [6, 6.07) is 22.6. The third-order valence-corrected chi connectivity index (χ3v) is 5.64. The molecule has 2 aromatic carbocycles. The molecule has 0 saturated carbocycles. The van der Waals surface area contributed by atoms with Gasteiger partial charge in [-0.05, 0) is 47.9 Å². The number of halogens is 1. The van der Waals surface area contributed by atoms with E-state index in [2.05, 4.69) is 87.6 Å². The summed E-state index contributed by atoms with van der Waals surface area (Å²) < 4.78 is 1.03. The van der Waals surface area contributed by atoms with E-state index in [-0.39, 0.29) is 0 Å². The van der Waals surface area contributed by atoms with Crippen LogP contribution in [0.4, 0.5) is 5.69 Å². The van der Waals surface area contributed by atoms with Gasteiger partial charge in [-0.3, -0.25) is 4.98 Å². The SMILES string of the molecule is C=C(C1=CN(Cc2cccc(C)n2)c2ccccc2C1=C)c1ccccc1Br. The van der Waals surface area contributed by atoms with Crippen molar-refractivity contribution >= 4 is 32.8 Å². The van der Waals surface area contributed by atoms with Gasteiger partial charge in [-0.15, -0.1) is 0 Å². The van der Waals surface area contributed by atoms with E-state index in [9.17, 15) is 0 Å². The minimum absolute atomic E-state index is 0.693. The zero-order valence-corrected chi connectivity index (χ0v) is 17.4. The van der Waals surface area contributed by atoms with Crippen molar-refractivity contribution in [2.75, 3.05) is 4.90 Å². The molecule has 1 aliphatic heterocycles. The van der Waals surface area contributed by atoms with Gasteiger partial charge in [-0.1, -0.05) is 71.6 Å². The van der Waals surface area contributed by atoms with Crippen LogP contribution in [0.1, 0.15) is 22.5 Å². The van der Waals surface area contributed by atoms with Crippen molar-refractivity contribution in [1.82, 2.24) is 4.98 Å². The van der Waals surface area contributed by atoms with E-state index in [0.29, 0.717) is 6.54 Å². The average Bonchev–Trinajstić information content (AvgIpc) is 2.70. The Morgan fingerprint density at radius 3 is 2.54 bits per heavy atom. The smallest absolute Gasteiger partial charge is 0.0648 e. The number of rotatable bonds is 4. The molecule has 0 radical (unpaired) electrons. The number of aromatic nitrogens is 1. The number of pyridine rings is 1. The molecule has 0 N–H and O–H groups in total. The zero-order chi connectivity index (χ0) is 19.7. The molecule has 2 nitrogen and oxygen atoms in total. The number of para-hydroxylation sites is 1. The standard InChI is InChI=1S/C25H21BrN2/c1-17-9-8-10-20(27-17)15-28-16-23(18(2)21-11-4-6-13-24(21)26)19(3)22-12-5-7-14-25(22)28/h4-14,16H,2-3,15H2,1H3. The molecule has 28 heavy (non-hydrogen) atoms. The summed E-state index contributed by atoms with van der Waals surface area (Å²) in [6.45, 7) is 11.5. The molecule has 0 bridgehead atoms. The van der Waals surface area contributed by atoms with Crippen LogP contribution in [0.25, 0.3) is 11.1 Å². The Hall–Kier alpha value is -2.91. The lowest BCUT2D eigenvalue weighted by Crippen LogP contribution is -2.22. The molecule has 2 heterocycles. The van der Waals surface area contributed by atoms with Crippen LogP contribution < -0.4 is 4.90 Å². The monoisotopic (exact) mass is 428 g/mol. The molecule has 0 aliphatic carbocycles. The van der Waals surface area contributed by atoms with E-state index in [1.807, 2.05) is 31.2 Å². The highest BCUT2D eigenvalue weighted by atomic mass is 79.9. The van der Waals surface area contributed by atoms with E-state index < -0.39 is 0 Å². The lowest BCUT2D eigenvalue weighted by Gasteiger charge is -2.31. The van der Waals surface area contributed by atoms with Crippen LogP contribution in [0.3, 0.4) is 0 Å². The Morgan fingerprint density at radius 2 is 1.75 bits per heavy atom. The van der Waals surface area contributed by atoms with Crippen molar-refractivity contribution in [1.29, 1.82) is 0 Å². The van der Waals surface area contributed by atoms with E-state index in [4.69, 9.17) is 0 Å². The molecule has 1 aromatic heterocycles. The molecule has 0 saturated heterocycles. The third kappa shape index (κ3) is 3.46. The van der Waals surface area contributed by atoms with Gasteiger partial charge in [0.05, 0.1) is 12.2 Å². The lowest BCUT2D eigenvalue weighted by molar-refractivity contribution is 0.902. The first kappa shape index (κ1) is 18.5. The quantitative estimate of drug-likeness (QED) is 0.454. The second-order valence-electron chi connectivity index (χ2n) is 6.90. The average molecular weight is 429 g/mol. The maximum atomic E-state index is 4.68. The predicted molar refractivity (Wildman–Crippen MR) is 122 cm³/mol. The maximum absolute atomic E-state index is 4.68. The fourth-order valence-electron chi connectivity index (χ4n) is 3.53. The van der Waals surface area contributed by atoms with Crippen LogP contribution in [0.15, 0.2) is 96.1 Å². The molecule has 0 fully saturated rings. The normalized spacial score (nSPS) is 13.1. The minimum Gasteiger partial charge on any atom is -0.341 e. The van der Waals surface area contributed by atoms with Gasteiger partial charge in [0.15, 0.2) is 0 Å². The van der Waals surface area contributed by atoms with Gasteiger partial charge in [0.25, 0.3) is 0 Å². The van der Waals surface area contributed by atoms with Crippen LogP contribution in [-0.2, 0) is 6.54 Å². The third-order valence-electron chi connectivity index (χ3n) is 4.95. The largest absolute Gasteiger partial charge is 0.341 e. The van der Waals surface area contributed by atoms with Crippen LogP contribution >= 0.6 is 15.9 Å². The van der Waals surface area contributed by atoms with Crippen LogP contribution in [0.2, 0.25) is 0 Å². The van der Waals surface area contributed by atoms with Crippen LogP contribution in [0, 0.1) is 6.92 Å². The van der Waals surface area contributed by atoms with Crippen molar-refractivity contribution in [3.8, 4) is 0 Å². The fourth-order valence-corrected chi connectivity index (χ4v) is 4.06. The summed E-state index contributed by atoms with van der Waals surface area (Å²) in [5.74, 6) is 0. The molecular formula is C25H21BrN2. The fraction of sp³-hybridized carbons (Fsp3) is 0.0800. The van der Waals surface area contributed by atoms with Gasteiger partial charge in [0.2, 0.25) is 0 Å². The Bertz CT molecular complexity index is 1110. The molecule has 0 atom stereocenters. The molecule has 138 valence electrons. The van der Waals surface area contributed by atoms with E-state index in [1.165, 1.54) is 0 Å². The highest BCUT2D eigenvalue weighted by molar-refractivity contribution is 9.10. The lowest BCUT2D eigenvalue weighted by atomic mass is 9.87. The predicted octanol–water partition coefficient (Wildman–Crippen LogP) is 6.78. The number of nitrogens with zero attached hydrogens (tertiary/aromatic N) is 2. The summed E-state index contributed by atoms with van der Waals surface area (Å²) in [5, 5.41) is 0. The van der Waals surface area contributed by atoms with Gasteiger partial charge < -0.3 is 4.90 Å². The van der Waals surface area contributed by atoms with Crippen molar-refractivity contribution < 1.29 is 0 Å². The summed E-state index contributed by atoms with van der Waals surface area (Å²) in [6.07, 6.45) is 2.15. The molecule has 0 amide bonds. The van der Waals surface area contributed by atoms with Crippen LogP contribution in [0.5, 0.6) is 0 Å². The van der Waals surface area contributed by atoms with E-state index in [1.54, 1.807) is 0 Å². The van der Waals surface area contributed by atoms with Gasteiger partial charge in [-0.2, -0.15) is 0 Å². The number of fused-ring (bicyclic) bond motifs is 1. The van der Waals surface area contributed by atoms with Gasteiger partial charge in [0, 0.05) is 33.2 Å². The second kappa shape index (κ2) is 7.61. The first-order chi connectivity index (χ1) is 13.5. The van der Waals surface area contributed by atoms with Crippen molar-refractivity contribution in [2.24, 2.45) is 0 Å². The van der Waals surface area contributed by atoms with Crippen molar-refractivity contribution in [2.45, 2.75) is 13.5 Å². The minimum atomic E-state index is 0.693. The van der Waals surface area contributed by atoms with Crippen molar-refractivity contribution in [3.05, 3.63) is 119 Å². The van der Waals surface area contributed by atoms with E-state index in [0.717, 1.165) is 49.4 Å². The highest BCUT2D eigenvalue weighted by Gasteiger charge is 2.23. The van der Waals surface area contributed by atoms with Crippen LogP contribution in [-0.4, -0.2) is 4.98 Å². The summed E-state index contributed by atoms with van der Waals surface area (Å²) in [5.41, 5.74) is 8.37. The van der Waals surface area contributed by atoms with Gasteiger partial charge >= 0.3 is 0 Å². The Balaban J connectivity index is 1.78. The summed E-state index contributed by atoms with van der Waals surface area (Å²) in [7, 11) is 0. The number of hydrogen-bond acceptors (Lipinski definition) is 2. The number of hydrogen-bond donors (Lipinski definition) is 0.